The summed E-state index contributed by atoms with van der Waals surface area (Å²) in [5.41, 5.74) is 2.37. The minimum absolute atomic E-state index is 0.256. The highest BCUT2D eigenvalue weighted by Gasteiger charge is 2.18. The number of ether oxygens (including phenoxy) is 1. The maximum atomic E-state index is 12.5. The number of carbonyl (C=O) groups excluding carboxylic acids is 1. The van der Waals surface area contributed by atoms with Crippen molar-refractivity contribution in [3.63, 3.8) is 0 Å². The maximum absolute atomic E-state index is 12.5. The van der Waals surface area contributed by atoms with Crippen LogP contribution in [0.25, 0.3) is 0 Å². The van der Waals surface area contributed by atoms with Gasteiger partial charge in [-0.05, 0) is 37.3 Å². The SMILES string of the molecule is COc1ccc(N(C)S(C)(=O)=O)cc1C(=O)Nc1ccc(C)cc1. The van der Waals surface area contributed by atoms with Crippen LogP contribution in [0.2, 0.25) is 0 Å². The summed E-state index contributed by atoms with van der Waals surface area (Å²) < 4.78 is 29.7. The maximum Gasteiger partial charge on any atom is 0.259 e. The van der Waals surface area contributed by atoms with Gasteiger partial charge in [0.25, 0.3) is 5.91 Å². The average molecular weight is 348 g/mol. The van der Waals surface area contributed by atoms with Crippen molar-refractivity contribution in [1.29, 1.82) is 0 Å². The number of hydrogen-bond acceptors (Lipinski definition) is 4. The standard InChI is InChI=1S/C17H20N2O4S/c1-12-5-7-13(8-6-12)18-17(20)15-11-14(9-10-16(15)23-3)19(2)24(4,21)22/h5-11H,1-4H3,(H,18,20). The molecule has 0 aliphatic carbocycles. The molecule has 2 aromatic rings. The highest BCUT2D eigenvalue weighted by atomic mass is 32.2. The van der Waals surface area contributed by atoms with Crippen LogP contribution >= 0.6 is 0 Å². The van der Waals surface area contributed by atoms with Gasteiger partial charge in [-0.15, -0.1) is 0 Å². The molecule has 6 nitrogen and oxygen atoms in total. The van der Waals surface area contributed by atoms with Gasteiger partial charge < -0.3 is 10.1 Å². The van der Waals surface area contributed by atoms with Crippen molar-refractivity contribution in [2.24, 2.45) is 0 Å². The Hall–Kier alpha value is -2.54. The van der Waals surface area contributed by atoms with E-state index in [0.29, 0.717) is 17.1 Å². The number of nitrogens with zero attached hydrogens (tertiary/aromatic N) is 1. The van der Waals surface area contributed by atoms with Gasteiger partial charge in [-0.25, -0.2) is 8.42 Å². The Kier molecular flexibility index (Phi) is 5.14. The lowest BCUT2D eigenvalue weighted by atomic mass is 10.1. The predicted octanol–water partition coefficient (Wildman–Crippen LogP) is 2.65. The molecule has 2 aromatic carbocycles. The van der Waals surface area contributed by atoms with Gasteiger partial charge in [0.15, 0.2) is 0 Å². The normalized spacial score (nSPS) is 11.0. The number of carbonyl (C=O) groups is 1. The second-order valence-corrected chi connectivity index (χ2v) is 7.45. The molecule has 0 aliphatic rings. The van der Waals surface area contributed by atoms with Crippen LogP contribution < -0.4 is 14.4 Å². The van der Waals surface area contributed by atoms with Crippen LogP contribution in [0.3, 0.4) is 0 Å². The van der Waals surface area contributed by atoms with Crippen LogP contribution in [0.15, 0.2) is 42.5 Å². The third kappa shape index (κ3) is 4.05. The van der Waals surface area contributed by atoms with E-state index in [2.05, 4.69) is 5.32 Å². The van der Waals surface area contributed by atoms with Crippen LogP contribution in [-0.2, 0) is 10.0 Å². The summed E-state index contributed by atoms with van der Waals surface area (Å²) in [5.74, 6) is -0.00952. The second kappa shape index (κ2) is 6.92. The monoisotopic (exact) mass is 348 g/mol. The molecule has 0 aliphatic heterocycles. The van der Waals surface area contributed by atoms with E-state index in [1.807, 2.05) is 19.1 Å². The van der Waals surface area contributed by atoms with Crippen molar-refractivity contribution in [3.8, 4) is 5.75 Å². The molecule has 0 saturated heterocycles. The van der Waals surface area contributed by atoms with E-state index in [9.17, 15) is 13.2 Å². The highest BCUT2D eigenvalue weighted by Crippen LogP contribution is 2.26. The molecular formula is C17H20N2O4S. The molecule has 0 radical (unpaired) electrons. The van der Waals surface area contributed by atoms with Gasteiger partial charge in [0.05, 0.1) is 24.6 Å². The van der Waals surface area contributed by atoms with Gasteiger partial charge in [0.2, 0.25) is 10.0 Å². The quantitative estimate of drug-likeness (QED) is 0.901. The molecule has 0 heterocycles. The van der Waals surface area contributed by atoms with Crippen molar-refractivity contribution in [2.75, 3.05) is 30.0 Å². The summed E-state index contributed by atoms with van der Waals surface area (Å²) in [5, 5.41) is 2.78. The summed E-state index contributed by atoms with van der Waals surface area (Å²) in [6.07, 6.45) is 1.10. The number of aryl methyl sites for hydroxylation is 1. The van der Waals surface area contributed by atoms with Crippen LogP contribution in [0, 0.1) is 6.92 Å². The molecule has 24 heavy (non-hydrogen) atoms. The number of nitrogens with one attached hydrogen (secondary N) is 1. The molecule has 2 rings (SSSR count). The molecule has 0 unspecified atom stereocenters. The first kappa shape index (κ1) is 17.8. The zero-order chi connectivity index (χ0) is 17.9. The molecule has 0 fully saturated rings. The number of sulfonamides is 1. The zero-order valence-electron chi connectivity index (χ0n) is 14.0. The topological polar surface area (TPSA) is 75.7 Å². The van der Waals surface area contributed by atoms with E-state index >= 15 is 0 Å². The minimum atomic E-state index is -3.42. The number of benzene rings is 2. The molecular weight excluding hydrogens is 328 g/mol. The summed E-state index contributed by atoms with van der Waals surface area (Å²) in [4.78, 5) is 12.5. The Morgan fingerprint density at radius 2 is 1.75 bits per heavy atom. The van der Waals surface area contributed by atoms with E-state index in [0.717, 1.165) is 16.1 Å². The van der Waals surface area contributed by atoms with E-state index in [-0.39, 0.29) is 11.5 Å². The third-order valence-electron chi connectivity index (χ3n) is 3.60. The van der Waals surface area contributed by atoms with Gasteiger partial charge >= 0.3 is 0 Å². The first-order valence-electron chi connectivity index (χ1n) is 7.22. The highest BCUT2D eigenvalue weighted by molar-refractivity contribution is 7.92. The number of methoxy groups -OCH3 is 1. The number of amides is 1. The van der Waals surface area contributed by atoms with Gasteiger partial charge in [-0.1, -0.05) is 17.7 Å². The first-order chi connectivity index (χ1) is 11.2. The Labute approximate surface area is 142 Å². The van der Waals surface area contributed by atoms with E-state index in [1.54, 1.807) is 24.3 Å². The van der Waals surface area contributed by atoms with Crippen molar-refractivity contribution >= 4 is 27.3 Å². The molecule has 1 N–H and O–H groups in total. The van der Waals surface area contributed by atoms with Gasteiger partial charge in [0.1, 0.15) is 5.75 Å². The van der Waals surface area contributed by atoms with Crippen LogP contribution in [0.1, 0.15) is 15.9 Å². The van der Waals surface area contributed by atoms with Crippen LogP contribution in [0.4, 0.5) is 11.4 Å². The lowest BCUT2D eigenvalue weighted by molar-refractivity contribution is 0.102. The van der Waals surface area contributed by atoms with Crippen LogP contribution in [-0.4, -0.2) is 34.7 Å². The molecule has 7 heteroatoms. The molecule has 1 amide bonds. The second-order valence-electron chi connectivity index (χ2n) is 5.44. The van der Waals surface area contributed by atoms with E-state index < -0.39 is 10.0 Å². The van der Waals surface area contributed by atoms with Crippen molar-refractivity contribution < 1.29 is 17.9 Å². The number of rotatable bonds is 5. The molecule has 128 valence electrons. The largest absolute Gasteiger partial charge is 0.496 e. The fourth-order valence-corrected chi connectivity index (χ4v) is 2.59. The van der Waals surface area contributed by atoms with Gasteiger partial charge in [-0.3, -0.25) is 9.10 Å². The van der Waals surface area contributed by atoms with Crippen molar-refractivity contribution in [1.82, 2.24) is 0 Å². The van der Waals surface area contributed by atoms with E-state index in [1.165, 1.54) is 20.2 Å². The third-order valence-corrected chi connectivity index (χ3v) is 4.80. The zero-order valence-corrected chi connectivity index (χ0v) is 14.8. The minimum Gasteiger partial charge on any atom is -0.496 e. The summed E-state index contributed by atoms with van der Waals surface area (Å²) >= 11 is 0. The smallest absolute Gasteiger partial charge is 0.259 e. The number of hydrogen-bond donors (Lipinski definition) is 1. The molecule has 0 aromatic heterocycles. The summed E-state index contributed by atoms with van der Waals surface area (Å²) in [6.45, 7) is 1.96. The molecule has 0 atom stereocenters. The molecule has 0 saturated carbocycles. The van der Waals surface area contributed by atoms with Gasteiger partial charge in [0, 0.05) is 12.7 Å². The van der Waals surface area contributed by atoms with Crippen LogP contribution in [0.5, 0.6) is 5.75 Å². The fraction of sp³-hybridized carbons (Fsp3) is 0.235. The molecule has 0 spiro atoms. The summed E-state index contributed by atoms with van der Waals surface area (Å²) in [7, 11) is -0.535. The first-order valence-corrected chi connectivity index (χ1v) is 9.07. The Morgan fingerprint density at radius 1 is 1.12 bits per heavy atom. The molecule has 0 bridgehead atoms. The average Bonchev–Trinajstić information content (AvgIpc) is 2.54. The Balaban J connectivity index is 2.36. The van der Waals surface area contributed by atoms with Crippen molar-refractivity contribution in [3.05, 3.63) is 53.6 Å². The Bertz CT molecular complexity index is 845. The lowest BCUT2D eigenvalue weighted by Crippen LogP contribution is -2.25. The van der Waals surface area contributed by atoms with E-state index in [4.69, 9.17) is 4.74 Å². The lowest BCUT2D eigenvalue weighted by Gasteiger charge is -2.18. The summed E-state index contributed by atoms with van der Waals surface area (Å²) in [6, 6.07) is 12.0. The number of anilines is 2. The van der Waals surface area contributed by atoms with Gasteiger partial charge in [-0.2, -0.15) is 0 Å². The Morgan fingerprint density at radius 3 is 2.29 bits per heavy atom. The fourth-order valence-electron chi connectivity index (χ4n) is 2.10. The van der Waals surface area contributed by atoms with Crippen molar-refractivity contribution in [2.45, 2.75) is 6.92 Å². The predicted molar refractivity (Wildman–Crippen MR) is 95.4 cm³/mol.